The van der Waals surface area contributed by atoms with Gasteiger partial charge in [-0.25, -0.2) is 0 Å². The molecule has 0 rings (SSSR count). The van der Waals surface area contributed by atoms with E-state index in [4.69, 9.17) is 20.7 Å². The Bertz CT molecular complexity index is 191. The SMILES string of the molecule is [2H][13C]([2H])(N)CCC[13C@]([2H])(N)C(=O)O. The van der Waals surface area contributed by atoms with E-state index in [1.807, 2.05) is 0 Å². The summed E-state index contributed by atoms with van der Waals surface area (Å²) in [5.74, 6) is -1.41. The number of carboxylic acids is 1. The van der Waals surface area contributed by atoms with Gasteiger partial charge in [0.25, 0.3) is 0 Å². The Hall–Kier alpha value is -0.610. The van der Waals surface area contributed by atoms with E-state index < -0.39 is 18.5 Å². The summed E-state index contributed by atoms with van der Waals surface area (Å²) >= 11 is 0. The average molecular weight is 151 g/mol. The van der Waals surface area contributed by atoms with Gasteiger partial charge >= 0.3 is 5.97 Å². The van der Waals surface area contributed by atoms with Crippen LogP contribution in [0.3, 0.4) is 0 Å². The molecule has 4 nitrogen and oxygen atoms in total. The van der Waals surface area contributed by atoms with E-state index in [1.165, 1.54) is 0 Å². The van der Waals surface area contributed by atoms with Crippen molar-refractivity contribution in [3.63, 3.8) is 0 Å². The van der Waals surface area contributed by atoms with Gasteiger partial charge in [0.15, 0.2) is 0 Å². The second-order valence-corrected chi connectivity index (χ2v) is 1.89. The van der Waals surface area contributed by atoms with Crippen LogP contribution >= 0.6 is 0 Å². The molecule has 0 aromatic rings. The molecule has 0 heterocycles. The molecule has 0 amide bonds. The van der Waals surface area contributed by atoms with Crippen molar-refractivity contribution >= 4 is 5.97 Å². The quantitative estimate of drug-likeness (QED) is 0.463. The normalized spacial score (nSPS) is 22.0. The van der Waals surface area contributed by atoms with Crippen molar-refractivity contribution in [1.82, 2.24) is 0 Å². The summed E-state index contributed by atoms with van der Waals surface area (Å²) in [4.78, 5) is 10.3. The lowest BCUT2D eigenvalue weighted by Gasteiger charge is -2.03. The Morgan fingerprint density at radius 1 is 1.80 bits per heavy atom. The maximum absolute atomic E-state index is 10.3. The molecule has 0 fully saturated rings. The zero-order chi connectivity index (χ0) is 10.7. The van der Waals surface area contributed by atoms with Gasteiger partial charge in [0, 0.05) is 2.74 Å². The van der Waals surface area contributed by atoms with Crippen LogP contribution in [0.25, 0.3) is 0 Å². The second-order valence-electron chi connectivity index (χ2n) is 1.89. The van der Waals surface area contributed by atoms with Gasteiger partial charge in [-0.05, 0) is 19.3 Å². The fourth-order valence-corrected chi connectivity index (χ4v) is 0.488. The summed E-state index contributed by atoms with van der Waals surface area (Å²) in [5.41, 5.74) is 10.1. The Morgan fingerprint density at radius 3 is 2.80 bits per heavy atom. The van der Waals surface area contributed by atoms with E-state index in [-0.39, 0.29) is 19.3 Å². The first-order chi connectivity index (χ1) is 5.65. The van der Waals surface area contributed by atoms with Crippen LogP contribution in [-0.4, -0.2) is 23.6 Å². The monoisotopic (exact) mass is 151 g/mol. The lowest BCUT2D eigenvalue weighted by Crippen LogP contribution is -2.29. The molecule has 5 N–H and O–H groups in total. The van der Waals surface area contributed by atoms with Crippen molar-refractivity contribution < 1.29 is 14.0 Å². The summed E-state index contributed by atoms with van der Waals surface area (Å²) in [6, 6.07) is -2.04. The predicted octanol–water partition coefficient (Wildman–Crippen LogP) is -0.473. The number of carboxylic acid groups (broad SMARTS) is 1. The smallest absolute Gasteiger partial charge is 0.320 e. The minimum absolute atomic E-state index is 0.00188. The molecule has 0 aliphatic rings. The molecule has 0 aliphatic heterocycles. The van der Waals surface area contributed by atoms with Gasteiger partial charge in [0.1, 0.15) is 6.02 Å². The fourth-order valence-electron chi connectivity index (χ4n) is 0.488. The lowest BCUT2D eigenvalue weighted by molar-refractivity contribution is -0.138. The first-order valence-corrected chi connectivity index (χ1v) is 2.96. The van der Waals surface area contributed by atoms with Crippen LogP contribution in [-0.2, 0) is 4.79 Å². The molecule has 0 aliphatic carbocycles. The van der Waals surface area contributed by atoms with E-state index >= 15 is 0 Å². The number of aliphatic carboxylic acids is 1. The fraction of sp³-hybridized carbons (Fsp3) is 0.833. The Balaban J connectivity index is 3.84. The zero-order valence-corrected chi connectivity index (χ0v) is 5.63. The van der Waals surface area contributed by atoms with Gasteiger partial charge < -0.3 is 16.6 Å². The van der Waals surface area contributed by atoms with E-state index in [2.05, 4.69) is 0 Å². The van der Waals surface area contributed by atoms with Crippen molar-refractivity contribution in [3.05, 3.63) is 0 Å². The molecular formula is C6H14N2O2. The summed E-state index contributed by atoms with van der Waals surface area (Å²) in [6.07, 6.45) is 0.0625. The van der Waals surface area contributed by atoms with Gasteiger partial charge in [0.2, 0.25) is 0 Å². The first-order valence-electron chi connectivity index (χ1n) is 4.46. The van der Waals surface area contributed by atoms with Crippen molar-refractivity contribution in [3.8, 4) is 0 Å². The van der Waals surface area contributed by atoms with Crippen LogP contribution in [0.1, 0.15) is 23.4 Å². The predicted molar refractivity (Wildman–Crippen MR) is 38.5 cm³/mol. The van der Waals surface area contributed by atoms with E-state index in [0.717, 1.165) is 0 Å². The largest absolute Gasteiger partial charge is 0.480 e. The minimum Gasteiger partial charge on any atom is -0.480 e. The summed E-state index contributed by atoms with van der Waals surface area (Å²) in [5, 5.41) is 8.43. The van der Waals surface area contributed by atoms with Crippen LogP contribution in [0, 0.1) is 0 Å². The maximum atomic E-state index is 10.3. The van der Waals surface area contributed by atoms with Gasteiger partial charge in [-0.3, -0.25) is 4.79 Å². The van der Waals surface area contributed by atoms with Crippen molar-refractivity contribution in [1.29, 1.82) is 0 Å². The highest BCUT2D eigenvalue weighted by atomic mass is 16.4. The molecule has 0 unspecified atom stereocenters. The molecule has 0 bridgehead atoms. The number of rotatable bonds is 5. The van der Waals surface area contributed by atoms with E-state index in [1.54, 1.807) is 0 Å². The van der Waals surface area contributed by atoms with Crippen molar-refractivity contribution in [2.45, 2.75) is 25.3 Å². The third-order valence-electron chi connectivity index (χ3n) is 1.04. The number of carbonyl (C=O) groups is 1. The van der Waals surface area contributed by atoms with Crippen LogP contribution < -0.4 is 11.5 Å². The summed E-state index contributed by atoms with van der Waals surface area (Å²) in [7, 11) is 0. The zero-order valence-electron chi connectivity index (χ0n) is 8.63. The molecule has 0 saturated heterocycles. The first kappa shape index (κ1) is 5.09. The highest BCUT2D eigenvalue weighted by Gasteiger charge is 2.09. The third-order valence-corrected chi connectivity index (χ3v) is 1.04. The topological polar surface area (TPSA) is 89.3 Å². The molecule has 4 heteroatoms. The Labute approximate surface area is 64.4 Å². The highest BCUT2D eigenvalue weighted by molar-refractivity contribution is 5.72. The van der Waals surface area contributed by atoms with Gasteiger partial charge in [0.05, 0.1) is 1.37 Å². The second kappa shape index (κ2) is 5.20. The van der Waals surface area contributed by atoms with E-state index in [9.17, 15) is 4.79 Å². The molecule has 1 atom stereocenters. The number of hydrogen-bond donors (Lipinski definition) is 3. The highest BCUT2D eigenvalue weighted by Crippen LogP contribution is 1.96. The molecule has 0 spiro atoms. The van der Waals surface area contributed by atoms with Crippen LogP contribution in [0.5, 0.6) is 0 Å². The summed E-state index contributed by atoms with van der Waals surface area (Å²) < 4.78 is 21.0. The van der Waals surface area contributed by atoms with Crippen molar-refractivity contribution in [2.75, 3.05) is 6.50 Å². The standard InChI is InChI=1S/C6H14N2O2/c7-4-2-1-3-5(8)6(9)10/h5H,1-4,7-8H2,(H,9,10)/t5-/m0/s1/i4+1D2,5+1D. The van der Waals surface area contributed by atoms with Crippen LogP contribution in [0.4, 0.5) is 0 Å². The van der Waals surface area contributed by atoms with Gasteiger partial charge in [-0.1, -0.05) is 6.42 Å². The van der Waals surface area contributed by atoms with Crippen LogP contribution in [0.15, 0.2) is 0 Å². The lowest BCUT2D eigenvalue weighted by atomic mass is 10.3. The molecule has 10 heavy (non-hydrogen) atoms. The minimum atomic E-state index is -2.04. The van der Waals surface area contributed by atoms with E-state index in [0.29, 0.717) is 0 Å². The molecule has 0 aromatic carbocycles. The van der Waals surface area contributed by atoms with Gasteiger partial charge in [-0.15, -0.1) is 0 Å². The third kappa shape index (κ3) is 4.29. The summed E-state index contributed by atoms with van der Waals surface area (Å²) in [6.45, 7) is -1.82. The average Bonchev–Trinajstić information content (AvgIpc) is 1.82. The Kier molecular flexibility index (Phi) is 2.65. The number of nitrogens with two attached hydrogens (primary N) is 2. The Morgan fingerprint density at radius 2 is 2.40 bits per heavy atom. The molecule has 0 saturated carbocycles. The number of hydrogen-bond acceptors (Lipinski definition) is 3. The van der Waals surface area contributed by atoms with Crippen molar-refractivity contribution in [2.24, 2.45) is 11.5 Å². The molecular weight excluding hydrogens is 134 g/mol. The maximum Gasteiger partial charge on any atom is 0.320 e. The molecule has 0 aromatic heterocycles. The van der Waals surface area contributed by atoms with Crippen LogP contribution in [0.2, 0.25) is 0 Å². The molecule has 60 valence electrons. The molecule has 0 radical (unpaired) electrons. The van der Waals surface area contributed by atoms with Gasteiger partial charge in [-0.2, -0.15) is 0 Å².